The van der Waals surface area contributed by atoms with Crippen LogP contribution in [0.25, 0.3) is 0 Å². The number of hydrogen-bond donors (Lipinski definition) is 0. The molecule has 0 unspecified atom stereocenters. The summed E-state index contributed by atoms with van der Waals surface area (Å²) in [7, 11) is 0. The summed E-state index contributed by atoms with van der Waals surface area (Å²) < 4.78 is 5.18. The van der Waals surface area contributed by atoms with Crippen LogP contribution in [-0.4, -0.2) is 5.97 Å². The SMILES string of the molecule is N#Cc1ccccc1COC(=O)Cc1ccc(Cl)c(Cl)c1. The van der Waals surface area contributed by atoms with Gasteiger partial charge in [0.05, 0.1) is 28.1 Å². The topological polar surface area (TPSA) is 50.1 Å². The molecule has 0 saturated heterocycles. The van der Waals surface area contributed by atoms with Crippen LogP contribution in [0.1, 0.15) is 16.7 Å². The molecule has 0 atom stereocenters. The zero-order valence-electron chi connectivity index (χ0n) is 11.0. The molecule has 2 rings (SSSR count). The molecular weight excluding hydrogens is 309 g/mol. The third-order valence-electron chi connectivity index (χ3n) is 2.86. The van der Waals surface area contributed by atoms with Crippen molar-refractivity contribution in [3.63, 3.8) is 0 Å². The summed E-state index contributed by atoms with van der Waals surface area (Å²) in [4.78, 5) is 11.8. The fraction of sp³-hybridized carbons (Fsp3) is 0.125. The highest BCUT2D eigenvalue weighted by Crippen LogP contribution is 2.23. The van der Waals surface area contributed by atoms with Crippen LogP contribution in [0.2, 0.25) is 10.0 Å². The Bertz CT molecular complexity index is 708. The zero-order chi connectivity index (χ0) is 15.2. The molecule has 2 aromatic rings. The Labute approximate surface area is 132 Å². The van der Waals surface area contributed by atoms with Gasteiger partial charge in [0, 0.05) is 5.56 Å². The minimum Gasteiger partial charge on any atom is -0.461 e. The van der Waals surface area contributed by atoms with Crippen molar-refractivity contribution in [1.29, 1.82) is 5.26 Å². The Hall–Kier alpha value is -2.02. The normalized spacial score (nSPS) is 9.95. The third kappa shape index (κ3) is 4.22. The van der Waals surface area contributed by atoms with E-state index in [0.717, 1.165) is 5.56 Å². The van der Waals surface area contributed by atoms with Crippen LogP contribution >= 0.6 is 23.2 Å². The monoisotopic (exact) mass is 319 g/mol. The molecule has 0 aliphatic heterocycles. The van der Waals surface area contributed by atoms with E-state index in [1.54, 1.807) is 42.5 Å². The van der Waals surface area contributed by atoms with E-state index >= 15 is 0 Å². The second kappa shape index (κ2) is 7.12. The molecule has 0 aliphatic rings. The van der Waals surface area contributed by atoms with Gasteiger partial charge in [-0.2, -0.15) is 5.26 Å². The van der Waals surface area contributed by atoms with Crippen molar-refractivity contribution in [1.82, 2.24) is 0 Å². The summed E-state index contributed by atoms with van der Waals surface area (Å²) in [6.07, 6.45) is 0.103. The van der Waals surface area contributed by atoms with Crippen LogP contribution in [0.4, 0.5) is 0 Å². The number of benzene rings is 2. The molecule has 0 aromatic heterocycles. The lowest BCUT2D eigenvalue weighted by Gasteiger charge is -2.07. The highest BCUT2D eigenvalue weighted by atomic mass is 35.5. The van der Waals surface area contributed by atoms with Crippen LogP contribution < -0.4 is 0 Å². The van der Waals surface area contributed by atoms with E-state index in [1.165, 1.54) is 0 Å². The van der Waals surface area contributed by atoms with E-state index in [1.807, 2.05) is 0 Å². The first-order valence-electron chi connectivity index (χ1n) is 6.17. The number of esters is 1. The zero-order valence-corrected chi connectivity index (χ0v) is 12.5. The number of carbonyl (C=O) groups is 1. The molecule has 0 fully saturated rings. The third-order valence-corrected chi connectivity index (χ3v) is 3.60. The Morgan fingerprint density at radius 3 is 2.62 bits per heavy atom. The molecule has 3 nitrogen and oxygen atoms in total. The number of hydrogen-bond acceptors (Lipinski definition) is 3. The molecule has 0 amide bonds. The molecule has 0 saturated carbocycles. The van der Waals surface area contributed by atoms with E-state index in [-0.39, 0.29) is 19.0 Å². The van der Waals surface area contributed by atoms with Gasteiger partial charge in [-0.15, -0.1) is 0 Å². The molecule has 0 bridgehead atoms. The number of nitrogens with zero attached hydrogens (tertiary/aromatic N) is 1. The molecule has 106 valence electrons. The molecule has 0 radical (unpaired) electrons. The molecule has 5 heteroatoms. The molecular formula is C16H11Cl2NO2. The van der Waals surface area contributed by atoms with Crippen molar-refractivity contribution >= 4 is 29.2 Å². The second-order valence-electron chi connectivity index (χ2n) is 4.35. The standard InChI is InChI=1S/C16H11Cl2NO2/c17-14-6-5-11(7-15(14)18)8-16(20)21-10-13-4-2-1-3-12(13)9-19/h1-7H,8,10H2. The summed E-state index contributed by atoms with van der Waals surface area (Å²) in [5, 5.41) is 9.80. The van der Waals surface area contributed by atoms with Crippen molar-refractivity contribution in [3.8, 4) is 6.07 Å². The highest BCUT2D eigenvalue weighted by Gasteiger charge is 2.09. The highest BCUT2D eigenvalue weighted by molar-refractivity contribution is 6.42. The number of halogens is 2. The summed E-state index contributed by atoms with van der Waals surface area (Å²) in [5.74, 6) is -0.388. The van der Waals surface area contributed by atoms with Crippen LogP contribution in [0.3, 0.4) is 0 Å². The van der Waals surface area contributed by atoms with Gasteiger partial charge < -0.3 is 4.74 Å². The molecule has 0 N–H and O–H groups in total. The fourth-order valence-corrected chi connectivity index (χ4v) is 2.10. The Morgan fingerprint density at radius 2 is 1.90 bits per heavy atom. The van der Waals surface area contributed by atoms with Crippen molar-refractivity contribution in [3.05, 3.63) is 69.2 Å². The number of nitriles is 1. The fourth-order valence-electron chi connectivity index (χ4n) is 1.78. The molecule has 21 heavy (non-hydrogen) atoms. The maximum Gasteiger partial charge on any atom is 0.310 e. The lowest BCUT2D eigenvalue weighted by atomic mass is 10.1. The molecule has 0 aliphatic carbocycles. The maximum absolute atomic E-state index is 11.8. The minimum atomic E-state index is -0.388. The van der Waals surface area contributed by atoms with Gasteiger partial charge >= 0.3 is 5.97 Å². The van der Waals surface area contributed by atoms with E-state index in [2.05, 4.69) is 6.07 Å². The quantitative estimate of drug-likeness (QED) is 0.795. The maximum atomic E-state index is 11.8. The number of rotatable bonds is 4. The predicted molar refractivity (Wildman–Crippen MR) is 81.1 cm³/mol. The molecule has 2 aromatic carbocycles. The van der Waals surface area contributed by atoms with Gasteiger partial charge in [-0.25, -0.2) is 0 Å². The van der Waals surface area contributed by atoms with Crippen LogP contribution in [0, 0.1) is 11.3 Å². The average Bonchev–Trinajstić information content (AvgIpc) is 2.49. The lowest BCUT2D eigenvalue weighted by molar-refractivity contribution is -0.144. The predicted octanol–water partition coefficient (Wildman–Crippen LogP) is 4.15. The Morgan fingerprint density at radius 1 is 1.14 bits per heavy atom. The minimum absolute atomic E-state index is 0.0733. The molecule has 0 spiro atoms. The summed E-state index contributed by atoms with van der Waals surface area (Å²) in [6.45, 7) is 0.0733. The van der Waals surface area contributed by atoms with E-state index < -0.39 is 0 Å². The summed E-state index contributed by atoms with van der Waals surface area (Å²) >= 11 is 11.7. The van der Waals surface area contributed by atoms with Crippen molar-refractivity contribution in [2.24, 2.45) is 0 Å². The average molecular weight is 320 g/mol. The van der Waals surface area contributed by atoms with Crippen molar-refractivity contribution in [2.75, 3.05) is 0 Å². The van der Waals surface area contributed by atoms with Gasteiger partial charge in [-0.3, -0.25) is 4.79 Å². The van der Waals surface area contributed by atoms with Gasteiger partial charge in [0.15, 0.2) is 0 Å². The Kier molecular flexibility index (Phi) is 5.21. The van der Waals surface area contributed by atoms with Gasteiger partial charge in [-0.1, -0.05) is 47.5 Å². The van der Waals surface area contributed by atoms with Gasteiger partial charge in [-0.05, 0) is 23.8 Å². The van der Waals surface area contributed by atoms with Crippen molar-refractivity contribution in [2.45, 2.75) is 13.0 Å². The first-order valence-corrected chi connectivity index (χ1v) is 6.93. The Balaban J connectivity index is 1.96. The van der Waals surface area contributed by atoms with E-state index in [0.29, 0.717) is 21.2 Å². The number of ether oxygens (including phenoxy) is 1. The van der Waals surface area contributed by atoms with Crippen LogP contribution in [0.15, 0.2) is 42.5 Å². The van der Waals surface area contributed by atoms with Gasteiger partial charge in [0.2, 0.25) is 0 Å². The summed E-state index contributed by atoms with van der Waals surface area (Å²) in [6, 6.07) is 14.0. The van der Waals surface area contributed by atoms with Crippen LogP contribution in [0.5, 0.6) is 0 Å². The van der Waals surface area contributed by atoms with E-state index in [9.17, 15) is 4.79 Å². The lowest BCUT2D eigenvalue weighted by Crippen LogP contribution is -2.08. The van der Waals surface area contributed by atoms with Gasteiger partial charge in [0.1, 0.15) is 6.61 Å². The smallest absolute Gasteiger partial charge is 0.310 e. The first-order chi connectivity index (χ1) is 10.1. The van der Waals surface area contributed by atoms with Crippen LogP contribution in [-0.2, 0) is 22.6 Å². The number of carbonyl (C=O) groups excluding carboxylic acids is 1. The van der Waals surface area contributed by atoms with Gasteiger partial charge in [0.25, 0.3) is 0 Å². The summed E-state index contributed by atoms with van der Waals surface area (Å²) in [5.41, 5.74) is 1.91. The van der Waals surface area contributed by atoms with Crippen molar-refractivity contribution < 1.29 is 9.53 Å². The molecule has 0 heterocycles. The largest absolute Gasteiger partial charge is 0.461 e. The second-order valence-corrected chi connectivity index (χ2v) is 5.17. The van der Waals surface area contributed by atoms with E-state index in [4.69, 9.17) is 33.2 Å². The first kappa shape index (κ1) is 15.4.